The van der Waals surface area contributed by atoms with Crippen molar-refractivity contribution in [1.82, 2.24) is 0 Å². The lowest BCUT2D eigenvalue weighted by atomic mass is 9.81. The predicted molar refractivity (Wildman–Crippen MR) is 64.5 cm³/mol. The maximum Gasteiger partial charge on any atom is 0.168 e. The van der Waals surface area contributed by atoms with Crippen molar-refractivity contribution in [3.8, 4) is 0 Å². The van der Waals surface area contributed by atoms with Gasteiger partial charge in [-0.05, 0) is 17.1 Å². The first-order valence-corrected chi connectivity index (χ1v) is 5.87. The van der Waals surface area contributed by atoms with Gasteiger partial charge in [0, 0.05) is 19.3 Å². The summed E-state index contributed by atoms with van der Waals surface area (Å²) >= 11 is 0. The van der Waals surface area contributed by atoms with Gasteiger partial charge in [0.1, 0.15) is 0 Å². The Balaban J connectivity index is 2.16. The highest BCUT2D eigenvalue weighted by Gasteiger charge is 2.25. The first kappa shape index (κ1) is 11.2. The van der Waals surface area contributed by atoms with Gasteiger partial charge in [-0.25, -0.2) is 4.74 Å². The van der Waals surface area contributed by atoms with Crippen molar-refractivity contribution in [2.45, 2.75) is 39.5 Å². The van der Waals surface area contributed by atoms with Crippen LogP contribution >= 0.6 is 0 Å². The lowest BCUT2D eigenvalue weighted by Crippen LogP contribution is -2.16. The van der Waals surface area contributed by atoms with Crippen molar-refractivity contribution in [1.29, 1.82) is 0 Å². The van der Waals surface area contributed by atoms with E-state index in [1.54, 1.807) is 0 Å². The fraction of sp³-hybridized carbons (Fsp3) is 0.615. The molecule has 0 unspecified atom stereocenters. The van der Waals surface area contributed by atoms with Gasteiger partial charge in [-0.1, -0.05) is 19.9 Å². The van der Waals surface area contributed by atoms with Crippen molar-refractivity contribution >= 4 is 5.71 Å². The van der Waals surface area contributed by atoms with Crippen LogP contribution in [0.5, 0.6) is 0 Å². The monoisotopic (exact) mass is 221 g/mol. The molecule has 3 heteroatoms. The van der Waals surface area contributed by atoms with E-state index in [2.05, 4.69) is 19.9 Å². The molecule has 0 aromatic carbocycles. The Bertz CT molecular complexity index is 389. The van der Waals surface area contributed by atoms with Crippen LogP contribution in [0.3, 0.4) is 0 Å². The number of aliphatic hydroxyl groups is 1. The van der Waals surface area contributed by atoms with Gasteiger partial charge in [-0.3, -0.25) is 0 Å². The Morgan fingerprint density at radius 2 is 2.25 bits per heavy atom. The highest BCUT2D eigenvalue weighted by atomic mass is 16.5. The molecule has 0 saturated heterocycles. The Morgan fingerprint density at radius 1 is 1.50 bits per heavy atom. The van der Waals surface area contributed by atoms with Crippen LogP contribution in [0.25, 0.3) is 0 Å². The molecule has 0 aromatic heterocycles. The summed E-state index contributed by atoms with van der Waals surface area (Å²) in [5, 5.41) is 21.1. The molecule has 1 aliphatic heterocycles. The van der Waals surface area contributed by atoms with Gasteiger partial charge in [0.2, 0.25) is 0 Å². The summed E-state index contributed by atoms with van der Waals surface area (Å²) < 4.78 is 1.10. The fourth-order valence-corrected chi connectivity index (χ4v) is 2.55. The standard InChI is InChI=1S/C13H19NO2/c1-13(2)8-10(7-12(15)9-13)6-11-4-3-5-14(11)16/h7-8,15H,3-6,9H2,1-2H3. The lowest BCUT2D eigenvalue weighted by Gasteiger charge is -2.25. The largest absolute Gasteiger partial charge is 0.624 e. The minimum atomic E-state index is 0.00104. The Hall–Kier alpha value is -1.25. The highest BCUT2D eigenvalue weighted by molar-refractivity contribution is 5.83. The summed E-state index contributed by atoms with van der Waals surface area (Å²) in [6, 6.07) is 0. The average Bonchev–Trinajstić information content (AvgIpc) is 2.48. The molecule has 88 valence electrons. The van der Waals surface area contributed by atoms with Crippen LogP contribution in [0.2, 0.25) is 0 Å². The number of aliphatic hydroxyl groups excluding tert-OH is 1. The second-order valence-electron chi connectivity index (χ2n) is 5.47. The van der Waals surface area contributed by atoms with Gasteiger partial charge in [-0.2, -0.15) is 0 Å². The van der Waals surface area contributed by atoms with Crippen LogP contribution in [-0.4, -0.2) is 22.1 Å². The predicted octanol–water partition coefficient (Wildman–Crippen LogP) is 2.92. The smallest absolute Gasteiger partial charge is 0.168 e. The molecular formula is C13H19NO2. The molecule has 0 atom stereocenters. The van der Waals surface area contributed by atoms with Crippen LogP contribution in [0.1, 0.15) is 39.5 Å². The van der Waals surface area contributed by atoms with E-state index < -0.39 is 0 Å². The molecule has 2 aliphatic rings. The number of nitrogens with zero attached hydrogens (tertiary/aromatic N) is 1. The second-order valence-corrected chi connectivity index (χ2v) is 5.47. The molecule has 2 rings (SSSR count). The molecular weight excluding hydrogens is 202 g/mol. The maximum atomic E-state index is 11.5. The normalized spacial score (nSPS) is 24.4. The molecule has 3 nitrogen and oxygen atoms in total. The quantitative estimate of drug-likeness (QED) is 0.575. The number of rotatable bonds is 2. The summed E-state index contributed by atoms with van der Waals surface area (Å²) in [7, 11) is 0. The number of allylic oxidation sites excluding steroid dienone is 4. The molecule has 0 aromatic rings. The van der Waals surface area contributed by atoms with Crippen molar-refractivity contribution in [2.75, 3.05) is 6.54 Å². The van der Waals surface area contributed by atoms with Crippen molar-refractivity contribution in [3.63, 3.8) is 0 Å². The fourth-order valence-electron chi connectivity index (χ4n) is 2.55. The van der Waals surface area contributed by atoms with Crippen LogP contribution in [0.15, 0.2) is 23.5 Å². The third kappa shape index (κ3) is 2.46. The third-order valence-corrected chi connectivity index (χ3v) is 3.15. The van der Waals surface area contributed by atoms with Gasteiger partial charge in [0.05, 0.1) is 12.2 Å². The summed E-state index contributed by atoms with van der Waals surface area (Å²) in [4.78, 5) is 0. The zero-order valence-corrected chi connectivity index (χ0v) is 9.99. The van der Waals surface area contributed by atoms with Gasteiger partial charge in [0.15, 0.2) is 12.3 Å². The molecule has 16 heavy (non-hydrogen) atoms. The Labute approximate surface area is 96.4 Å². The van der Waals surface area contributed by atoms with Crippen LogP contribution in [0.4, 0.5) is 0 Å². The summed E-state index contributed by atoms with van der Waals surface area (Å²) in [5.74, 6) is 0.429. The van der Waals surface area contributed by atoms with E-state index in [0.717, 1.165) is 28.9 Å². The SMILES string of the molecule is CC1(C)C=C(CC2=[N+]([O-])CCC2)C=C(O)C1. The van der Waals surface area contributed by atoms with Gasteiger partial charge < -0.3 is 10.3 Å². The second kappa shape index (κ2) is 3.96. The molecule has 1 aliphatic carbocycles. The van der Waals surface area contributed by atoms with E-state index in [-0.39, 0.29) is 5.41 Å². The Morgan fingerprint density at radius 3 is 2.81 bits per heavy atom. The third-order valence-electron chi connectivity index (χ3n) is 3.15. The number of hydrogen-bond acceptors (Lipinski definition) is 2. The Kier molecular flexibility index (Phi) is 2.78. The van der Waals surface area contributed by atoms with Crippen LogP contribution in [0, 0.1) is 10.6 Å². The number of hydrogen-bond donors (Lipinski definition) is 1. The zero-order valence-electron chi connectivity index (χ0n) is 9.99. The topological polar surface area (TPSA) is 46.3 Å². The molecule has 0 amide bonds. The van der Waals surface area contributed by atoms with Crippen LogP contribution in [-0.2, 0) is 0 Å². The van der Waals surface area contributed by atoms with Gasteiger partial charge >= 0.3 is 0 Å². The summed E-state index contributed by atoms with van der Waals surface area (Å²) in [5.41, 5.74) is 2.03. The summed E-state index contributed by atoms with van der Waals surface area (Å²) in [6.07, 6.45) is 7.22. The molecule has 0 bridgehead atoms. The first-order chi connectivity index (χ1) is 7.46. The highest BCUT2D eigenvalue weighted by Crippen LogP contribution is 2.33. The first-order valence-electron chi connectivity index (χ1n) is 5.87. The minimum absolute atomic E-state index is 0.00104. The van der Waals surface area contributed by atoms with Crippen LogP contribution < -0.4 is 0 Å². The summed E-state index contributed by atoms with van der Waals surface area (Å²) in [6.45, 7) is 4.83. The van der Waals surface area contributed by atoms with E-state index in [9.17, 15) is 10.3 Å². The van der Waals surface area contributed by atoms with Gasteiger partial charge in [0.25, 0.3) is 0 Å². The molecule has 0 saturated carbocycles. The molecule has 1 heterocycles. The molecule has 0 spiro atoms. The van der Waals surface area contributed by atoms with E-state index in [1.807, 2.05) is 6.08 Å². The molecule has 0 fully saturated rings. The van der Waals surface area contributed by atoms with Gasteiger partial charge in [-0.15, -0.1) is 0 Å². The van der Waals surface area contributed by atoms with E-state index in [1.165, 1.54) is 0 Å². The van der Waals surface area contributed by atoms with E-state index in [4.69, 9.17) is 0 Å². The molecule has 0 radical (unpaired) electrons. The average molecular weight is 221 g/mol. The van der Waals surface area contributed by atoms with Crippen molar-refractivity contribution in [3.05, 3.63) is 28.7 Å². The van der Waals surface area contributed by atoms with Crippen molar-refractivity contribution in [2.24, 2.45) is 5.41 Å². The van der Waals surface area contributed by atoms with E-state index in [0.29, 0.717) is 25.1 Å². The minimum Gasteiger partial charge on any atom is -0.624 e. The molecule has 1 N–H and O–H groups in total. The maximum absolute atomic E-state index is 11.5. The van der Waals surface area contributed by atoms with E-state index >= 15 is 0 Å². The lowest BCUT2D eigenvalue weighted by molar-refractivity contribution is -0.449. The number of hydroxylamine groups is 1. The zero-order chi connectivity index (χ0) is 11.8. The van der Waals surface area contributed by atoms with Crippen molar-refractivity contribution < 1.29 is 9.85 Å².